The van der Waals surface area contributed by atoms with Crippen molar-refractivity contribution in [3.63, 3.8) is 0 Å². The van der Waals surface area contributed by atoms with Crippen molar-refractivity contribution >= 4 is 11.7 Å². The van der Waals surface area contributed by atoms with E-state index in [4.69, 9.17) is 0 Å². The van der Waals surface area contributed by atoms with E-state index in [2.05, 4.69) is 32.2 Å². The molecule has 2 aliphatic heterocycles. The lowest BCUT2D eigenvalue weighted by molar-refractivity contribution is 0.0965. The Labute approximate surface area is 185 Å². The maximum absolute atomic E-state index is 14.4. The van der Waals surface area contributed by atoms with Crippen molar-refractivity contribution in [3.05, 3.63) is 59.4 Å². The number of nitrogens with zero attached hydrogens (tertiary/aromatic N) is 5. The average Bonchev–Trinajstić information content (AvgIpc) is 3.43. The van der Waals surface area contributed by atoms with Crippen LogP contribution < -0.4 is 10.2 Å². The van der Waals surface area contributed by atoms with Gasteiger partial charge in [0.05, 0.1) is 34.7 Å². The number of amides is 1. The second-order valence-corrected chi connectivity index (χ2v) is 7.54. The number of likely N-dealkylation sites (N-methyl/N-ethyl adjacent to an activating group) is 1. The largest absolute Gasteiger partial charge is 0.353 e. The van der Waals surface area contributed by atoms with Gasteiger partial charge in [0.15, 0.2) is 5.82 Å². The Morgan fingerprint density at radius 2 is 1.69 bits per heavy atom. The number of fused-ring (bicyclic) bond motifs is 1. The molecule has 0 radical (unpaired) electrons. The predicted octanol–water partition coefficient (Wildman–Crippen LogP) is 3.23. The summed E-state index contributed by atoms with van der Waals surface area (Å²) >= 11 is 0. The number of benzene rings is 1. The van der Waals surface area contributed by atoms with Crippen LogP contribution in [0.1, 0.15) is 29.9 Å². The number of piperazine rings is 1. The molecule has 0 spiro atoms. The third-order valence-corrected chi connectivity index (χ3v) is 5.59. The standard InChI is InChI=1S/C21H20F2N6O.C2H6/c1-27-7-9-28(10-8-27)18-5-6-29(26-18)17-11-15(19-13(22)3-2-4-14(19)23)25-16-12-24-21(30)20(16)17;1-2/h2-6,11H,7-10,12H2,1H3,(H,24,30);1-2H3. The molecule has 1 N–H and O–H groups in total. The Hall–Kier alpha value is -3.33. The fourth-order valence-electron chi connectivity index (χ4n) is 3.91. The maximum Gasteiger partial charge on any atom is 0.255 e. The fraction of sp³-hybridized carbons (Fsp3) is 0.348. The molecule has 0 saturated carbocycles. The number of carbonyl (C=O) groups is 1. The number of pyridine rings is 1. The number of hydrogen-bond acceptors (Lipinski definition) is 5. The molecule has 0 atom stereocenters. The third-order valence-electron chi connectivity index (χ3n) is 5.59. The van der Waals surface area contributed by atoms with E-state index in [0.717, 1.165) is 32.0 Å². The summed E-state index contributed by atoms with van der Waals surface area (Å²) in [5.41, 5.74) is 1.20. The number of hydrogen-bond donors (Lipinski definition) is 1. The topological polar surface area (TPSA) is 66.3 Å². The lowest BCUT2D eigenvalue weighted by Crippen LogP contribution is -2.44. The van der Waals surface area contributed by atoms with Gasteiger partial charge in [0, 0.05) is 38.4 Å². The molecule has 0 bridgehead atoms. The van der Waals surface area contributed by atoms with Gasteiger partial charge in [0.2, 0.25) is 0 Å². The smallest absolute Gasteiger partial charge is 0.255 e. The van der Waals surface area contributed by atoms with Gasteiger partial charge < -0.3 is 15.1 Å². The highest BCUT2D eigenvalue weighted by atomic mass is 19.1. The molecule has 32 heavy (non-hydrogen) atoms. The quantitative estimate of drug-likeness (QED) is 0.678. The second kappa shape index (κ2) is 9.04. The molecule has 5 rings (SSSR count). The zero-order valence-corrected chi connectivity index (χ0v) is 18.4. The Bertz CT molecular complexity index is 1120. The summed E-state index contributed by atoms with van der Waals surface area (Å²) in [6.07, 6.45) is 1.76. The number of carbonyl (C=O) groups excluding carboxylic acids is 1. The molecule has 1 saturated heterocycles. The van der Waals surface area contributed by atoms with Gasteiger partial charge in [-0.2, -0.15) is 5.10 Å². The highest BCUT2D eigenvalue weighted by molar-refractivity contribution is 6.01. The van der Waals surface area contributed by atoms with Crippen molar-refractivity contribution in [2.24, 2.45) is 0 Å². The van der Waals surface area contributed by atoms with Gasteiger partial charge in [-0.15, -0.1) is 0 Å². The maximum atomic E-state index is 14.4. The summed E-state index contributed by atoms with van der Waals surface area (Å²) < 4.78 is 30.3. The van der Waals surface area contributed by atoms with Crippen LogP contribution in [0.3, 0.4) is 0 Å². The molecular formula is C23H26F2N6O. The minimum absolute atomic E-state index is 0.132. The van der Waals surface area contributed by atoms with Gasteiger partial charge in [-0.3, -0.25) is 4.79 Å². The van der Waals surface area contributed by atoms with Gasteiger partial charge in [0.1, 0.15) is 11.6 Å². The van der Waals surface area contributed by atoms with Crippen LogP contribution in [0.25, 0.3) is 16.9 Å². The number of aromatic nitrogens is 3. The average molecular weight is 440 g/mol. The van der Waals surface area contributed by atoms with Crippen LogP contribution in [-0.4, -0.2) is 58.8 Å². The van der Waals surface area contributed by atoms with Crippen LogP contribution in [0.4, 0.5) is 14.6 Å². The molecule has 0 unspecified atom stereocenters. The predicted molar refractivity (Wildman–Crippen MR) is 119 cm³/mol. The van der Waals surface area contributed by atoms with E-state index in [9.17, 15) is 13.6 Å². The lowest BCUT2D eigenvalue weighted by atomic mass is 10.1. The first-order valence-corrected chi connectivity index (χ1v) is 10.8. The van der Waals surface area contributed by atoms with Gasteiger partial charge in [-0.1, -0.05) is 19.9 Å². The minimum Gasteiger partial charge on any atom is -0.353 e. The molecule has 0 aliphatic carbocycles. The molecule has 1 aromatic carbocycles. The van der Waals surface area contributed by atoms with Crippen molar-refractivity contribution in [1.29, 1.82) is 0 Å². The molecule has 2 aromatic heterocycles. The minimum atomic E-state index is -0.704. The number of anilines is 1. The molecule has 4 heterocycles. The van der Waals surface area contributed by atoms with E-state index >= 15 is 0 Å². The number of rotatable bonds is 3. The Morgan fingerprint density at radius 1 is 1.00 bits per heavy atom. The Balaban J connectivity index is 0.00000119. The van der Waals surface area contributed by atoms with Crippen molar-refractivity contribution in [1.82, 2.24) is 25.0 Å². The van der Waals surface area contributed by atoms with E-state index in [1.807, 2.05) is 19.9 Å². The normalized spacial score (nSPS) is 15.8. The number of nitrogens with one attached hydrogen (secondary N) is 1. The molecule has 168 valence electrons. The van der Waals surface area contributed by atoms with Crippen molar-refractivity contribution in [2.75, 3.05) is 38.1 Å². The van der Waals surface area contributed by atoms with Crippen molar-refractivity contribution in [2.45, 2.75) is 20.4 Å². The summed E-state index contributed by atoms with van der Waals surface area (Å²) in [6, 6.07) is 7.09. The summed E-state index contributed by atoms with van der Waals surface area (Å²) in [7, 11) is 2.08. The first kappa shape index (κ1) is 21.9. The molecule has 2 aliphatic rings. The number of halogens is 2. The van der Waals surface area contributed by atoms with Crippen molar-refractivity contribution < 1.29 is 13.6 Å². The Kier molecular flexibility index (Phi) is 6.18. The van der Waals surface area contributed by atoms with Crippen LogP contribution in [0, 0.1) is 11.6 Å². The van der Waals surface area contributed by atoms with E-state index in [1.165, 1.54) is 24.3 Å². The van der Waals surface area contributed by atoms with Gasteiger partial charge in [0.25, 0.3) is 5.91 Å². The molecular weight excluding hydrogens is 414 g/mol. The van der Waals surface area contributed by atoms with E-state index in [0.29, 0.717) is 16.9 Å². The van der Waals surface area contributed by atoms with Gasteiger partial charge in [-0.25, -0.2) is 18.4 Å². The van der Waals surface area contributed by atoms with Gasteiger partial charge in [-0.05, 0) is 25.2 Å². The van der Waals surface area contributed by atoms with Crippen LogP contribution in [-0.2, 0) is 6.54 Å². The summed E-state index contributed by atoms with van der Waals surface area (Å²) in [6.45, 7) is 7.80. The molecule has 7 nitrogen and oxygen atoms in total. The molecule has 3 aromatic rings. The monoisotopic (exact) mass is 440 g/mol. The van der Waals surface area contributed by atoms with E-state index in [1.54, 1.807) is 10.9 Å². The zero-order chi connectivity index (χ0) is 22.8. The SMILES string of the molecule is CC.CN1CCN(c2ccn(-c3cc(-c4c(F)cccc4F)nc4c3C(=O)NC4)n2)CC1. The van der Waals surface area contributed by atoms with Crippen LogP contribution in [0.5, 0.6) is 0 Å². The zero-order valence-electron chi connectivity index (χ0n) is 18.4. The molecule has 1 amide bonds. The van der Waals surface area contributed by atoms with Crippen LogP contribution in [0.15, 0.2) is 36.5 Å². The summed E-state index contributed by atoms with van der Waals surface area (Å²) in [4.78, 5) is 21.2. The van der Waals surface area contributed by atoms with Gasteiger partial charge >= 0.3 is 0 Å². The first-order valence-electron chi connectivity index (χ1n) is 10.8. The molecule has 1 fully saturated rings. The molecule has 9 heteroatoms. The van der Waals surface area contributed by atoms with Crippen LogP contribution >= 0.6 is 0 Å². The fourth-order valence-corrected chi connectivity index (χ4v) is 3.91. The summed E-state index contributed by atoms with van der Waals surface area (Å²) in [5, 5.41) is 7.38. The highest BCUT2D eigenvalue weighted by Crippen LogP contribution is 2.31. The van der Waals surface area contributed by atoms with Crippen LogP contribution in [0.2, 0.25) is 0 Å². The third kappa shape index (κ3) is 3.95. The van der Waals surface area contributed by atoms with E-state index < -0.39 is 11.6 Å². The summed E-state index contributed by atoms with van der Waals surface area (Å²) in [5.74, 6) is -0.885. The Morgan fingerprint density at radius 3 is 2.38 bits per heavy atom. The van der Waals surface area contributed by atoms with Crippen molar-refractivity contribution in [3.8, 4) is 16.9 Å². The lowest BCUT2D eigenvalue weighted by Gasteiger charge is -2.32. The second-order valence-electron chi connectivity index (χ2n) is 7.54. The van der Waals surface area contributed by atoms with E-state index in [-0.39, 0.29) is 23.7 Å². The highest BCUT2D eigenvalue weighted by Gasteiger charge is 2.28. The first-order chi connectivity index (χ1) is 15.5.